The lowest BCUT2D eigenvalue weighted by atomic mass is 10.0. The number of aliphatic carboxylic acids is 1. The average Bonchev–Trinajstić information content (AvgIpc) is 2.56. The Kier molecular flexibility index (Phi) is 5.58. The molecule has 0 aliphatic carbocycles. The number of carboxylic acids is 1. The van der Waals surface area contributed by atoms with Gasteiger partial charge in [0.2, 0.25) is 5.91 Å². The molecule has 2 rings (SSSR count). The smallest absolute Gasteiger partial charge is 0.310 e. The van der Waals surface area contributed by atoms with Gasteiger partial charge in [-0.3, -0.25) is 9.59 Å². The number of hydrogen-bond donors (Lipinski definition) is 2. The van der Waals surface area contributed by atoms with Crippen molar-refractivity contribution >= 4 is 17.6 Å². The Bertz CT molecular complexity index is 755. The van der Waals surface area contributed by atoms with Crippen LogP contribution in [0.2, 0.25) is 0 Å². The Morgan fingerprint density at radius 3 is 2.62 bits per heavy atom. The van der Waals surface area contributed by atoms with Crippen LogP contribution < -0.4 is 10.1 Å². The largest absolute Gasteiger partial charge is 0.496 e. The summed E-state index contributed by atoms with van der Waals surface area (Å²) in [6.07, 6.45) is 0.218. The molecule has 2 aromatic rings. The highest BCUT2D eigenvalue weighted by molar-refractivity contribution is 5.92. The lowest BCUT2D eigenvalue weighted by Crippen LogP contribution is -2.15. The lowest BCUT2D eigenvalue weighted by molar-refractivity contribution is -0.138. The third kappa shape index (κ3) is 4.35. The summed E-state index contributed by atoms with van der Waals surface area (Å²) < 4.78 is 5.26. The highest BCUT2D eigenvalue weighted by atomic mass is 16.5. The molecule has 0 aromatic heterocycles. The number of nitrogens with one attached hydrogen (secondary N) is 1. The number of rotatable bonds is 6. The number of benzene rings is 2. The molecule has 0 heterocycles. The van der Waals surface area contributed by atoms with Crippen LogP contribution in [0.25, 0.3) is 0 Å². The number of amides is 1. The van der Waals surface area contributed by atoms with Crippen LogP contribution in [0.15, 0.2) is 42.5 Å². The molecule has 2 aromatic carbocycles. The monoisotopic (exact) mass is 327 g/mol. The van der Waals surface area contributed by atoms with E-state index < -0.39 is 11.9 Å². The van der Waals surface area contributed by atoms with Gasteiger partial charge in [0.1, 0.15) is 5.75 Å². The van der Waals surface area contributed by atoms with Gasteiger partial charge in [-0.2, -0.15) is 0 Å². The van der Waals surface area contributed by atoms with Gasteiger partial charge >= 0.3 is 5.97 Å². The molecule has 0 fully saturated rings. The zero-order valence-corrected chi connectivity index (χ0v) is 14.0. The molecular weight excluding hydrogens is 306 g/mol. The highest BCUT2D eigenvalue weighted by Gasteiger charge is 2.14. The maximum atomic E-state index is 12.2. The van der Waals surface area contributed by atoms with Crippen molar-refractivity contribution in [1.82, 2.24) is 0 Å². The second-order valence-electron chi connectivity index (χ2n) is 5.71. The van der Waals surface area contributed by atoms with Crippen molar-refractivity contribution in [3.05, 3.63) is 59.2 Å². The molecule has 0 spiro atoms. The summed E-state index contributed by atoms with van der Waals surface area (Å²) in [7, 11) is 1.60. The summed E-state index contributed by atoms with van der Waals surface area (Å²) in [5.74, 6) is -0.938. The van der Waals surface area contributed by atoms with Gasteiger partial charge in [0, 0.05) is 5.69 Å². The van der Waals surface area contributed by atoms with E-state index in [2.05, 4.69) is 5.32 Å². The van der Waals surface area contributed by atoms with Gasteiger partial charge < -0.3 is 15.2 Å². The second kappa shape index (κ2) is 7.64. The summed E-state index contributed by atoms with van der Waals surface area (Å²) >= 11 is 0. The van der Waals surface area contributed by atoms with Gasteiger partial charge in [0.25, 0.3) is 0 Å². The standard InChI is InChI=1S/C19H21NO4/c1-12-7-8-14(9-17(12)24-3)10-18(21)20-16-6-4-5-15(11-16)13(2)19(22)23/h4-9,11,13H,10H2,1-3H3,(H,20,21)(H,22,23). The first-order valence-corrected chi connectivity index (χ1v) is 7.67. The van der Waals surface area contributed by atoms with E-state index in [9.17, 15) is 9.59 Å². The van der Waals surface area contributed by atoms with Crippen molar-refractivity contribution in [2.24, 2.45) is 0 Å². The van der Waals surface area contributed by atoms with E-state index in [0.29, 0.717) is 11.3 Å². The molecule has 0 saturated heterocycles. The number of hydrogen-bond acceptors (Lipinski definition) is 3. The van der Waals surface area contributed by atoms with Gasteiger partial charge in [-0.15, -0.1) is 0 Å². The molecule has 2 N–H and O–H groups in total. The third-order valence-corrected chi connectivity index (χ3v) is 3.88. The first kappa shape index (κ1) is 17.5. The van der Waals surface area contributed by atoms with Gasteiger partial charge in [0.15, 0.2) is 0 Å². The Hall–Kier alpha value is -2.82. The Labute approximate surface area is 141 Å². The predicted octanol–water partition coefficient (Wildman–Crippen LogP) is 3.37. The minimum Gasteiger partial charge on any atom is -0.496 e. The summed E-state index contributed by atoms with van der Waals surface area (Å²) in [6, 6.07) is 12.5. The van der Waals surface area contributed by atoms with Crippen LogP contribution in [0.3, 0.4) is 0 Å². The normalized spacial score (nSPS) is 11.6. The number of carbonyl (C=O) groups is 2. The molecule has 5 heteroatoms. The minimum atomic E-state index is -0.898. The lowest BCUT2D eigenvalue weighted by Gasteiger charge is -2.11. The van der Waals surface area contributed by atoms with Crippen LogP contribution in [0.4, 0.5) is 5.69 Å². The fraction of sp³-hybridized carbons (Fsp3) is 0.263. The van der Waals surface area contributed by atoms with Gasteiger partial charge in [0.05, 0.1) is 19.4 Å². The van der Waals surface area contributed by atoms with E-state index in [1.165, 1.54) is 0 Å². The topological polar surface area (TPSA) is 75.6 Å². The van der Waals surface area contributed by atoms with E-state index in [4.69, 9.17) is 9.84 Å². The van der Waals surface area contributed by atoms with Gasteiger partial charge in [-0.25, -0.2) is 0 Å². The zero-order chi connectivity index (χ0) is 17.7. The molecule has 126 valence electrons. The van der Waals surface area contributed by atoms with Crippen LogP contribution in [0.1, 0.15) is 29.5 Å². The molecular formula is C19H21NO4. The first-order valence-electron chi connectivity index (χ1n) is 7.67. The number of anilines is 1. The van der Waals surface area contributed by atoms with Crippen LogP contribution in [0, 0.1) is 6.92 Å². The van der Waals surface area contributed by atoms with E-state index in [0.717, 1.165) is 16.9 Å². The number of carboxylic acid groups (broad SMARTS) is 1. The Morgan fingerprint density at radius 2 is 1.96 bits per heavy atom. The summed E-state index contributed by atoms with van der Waals surface area (Å²) in [6.45, 7) is 3.56. The molecule has 0 aliphatic heterocycles. The average molecular weight is 327 g/mol. The van der Waals surface area contributed by atoms with Crippen molar-refractivity contribution in [1.29, 1.82) is 0 Å². The highest BCUT2D eigenvalue weighted by Crippen LogP contribution is 2.21. The molecule has 5 nitrogen and oxygen atoms in total. The van der Waals surface area contributed by atoms with Crippen molar-refractivity contribution in [2.45, 2.75) is 26.2 Å². The summed E-state index contributed by atoms with van der Waals surface area (Å²) in [5, 5.41) is 11.9. The van der Waals surface area contributed by atoms with Gasteiger partial charge in [-0.1, -0.05) is 24.3 Å². The number of methoxy groups -OCH3 is 1. The first-order chi connectivity index (χ1) is 11.4. The van der Waals surface area contributed by atoms with Crippen LogP contribution in [-0.4, -0.2) is 24.1 Å². The number of aryl methyl sites for hydroxylation is 1. The van der Waals surface area contributed by atoms with Crippen LogP contribution in [-0.2, 0) is 16.0 Å². The zero-order valence-electron chi connectivity index (χ0n) is 14.0. The van der Waals surface area contributed by atoms with E-state index in [1.807, 2.05) is 25.1 Å². The number of ether oxygens (including phenoxy) is 1. The van der Waals surface area contributed by atoms with Gasteiger partial charge in [-0.05, 0) is 48.7 Å². The van der Waals surface area contributed by atoms with E-state index >= 15 is 0 Å². The molecule has 0 bridgehead atoms. The van der Waals surface area contributed by atoms with Crippen molar-refractivity contribution in [3.8, 4) is 5.75 Å². The summed E-state index contributed by atoms with van der Waals surface area (Å²) in [5.41, 5.74) is 3.10. The minimum absolute atomic E-state index is 0.166. The molecule has 24 heavy (non-hydrogen) atoms. The van der Waals surface area contributed by atoms with E-state index in [1.54, 1.807) is 38.3 Å². The summed E-state index contributed by atoms with van der Waals surface area (Å²) in [4.78, 5) is 23.3. The molecule has 0 radical (unpaired) electrons. The van der Waals surface area contributed by atoms with Crippen molar-refractivity contribution in [3.63, 3.8) is 0 Å². The molecule has 0 saturated carbocycles. The molecule has 1 unspecified atom stereocenters. The third-order valence-electron chi connectivity index (χ3n) is 3.88. The van der Waals surface area contributed by atoms with Crippen molar-refractivity contribution in [2.75, 3.05) is 12.4 Å². The molecule has 0 aliphatic rings. The van der Waals surface area contributed by atoms with Crippen LogP contribution in [0.5, 0.6) is 5.75 Å². The second-order valence-corrected chi connectivity index (χ2v) is 5.71. The Balaban J connectivity index is 2.07. The maximum absolute atomic E-state index is 12.2. The van der Waals surface area contributed by atoms with E-state index in [-0.39, 0.29) is 12.3 Å². The van der Waals surface area contributed by atoms with Crippen LogP contribution >= 0.6 is 0 Å². The fourth-order valence-corrected chi connectivity index (χ4v) is 2.39. The SMILES string of the molecule is COc1cc(CC(=O)Nc2cccc(C(C)C(=O)O)c2)ccc1C. The molecule has 1 amide bonds. The van der Waals surface area contributed by atoms with Crippen molar-refractivity contribution < 1.29 is 19.4 Å². The number of carbonyl (C=O) groups excluding carboxylic acids is 1. The molecule has 1 atom stereocenters. The quantitative estimate of drug-likeness (QED) is 0.853. The predicted molar refractivity (Wildman–Crippen MR) is 92.6 cm³/mol. The fourth-order valence-electron chi connectivity index (χ4n) is 2.39. The maximum Gasteiger partial charge on any atom is 0.310 e. The Morgan fingerprint density at radius 1 is 1.21 bits per heavy atom.